The van der Waals surface area contributed by atoms with Crippen molar-refractivity contribution in [2.24, 2.45) is 0 Å². The van der Waals surface area contributed by atoms with Gasteiger partial charge in [-0.3, -0.25) is 4.68 Å². The number of aryl methyl sites for hydroxylation is 1. The lowest BCUT2D eigenvalue weighted by Crippen LogP contribution is -2.26. The van der Waals surface area contributed by atoms with Gasteiger partial charge in [0, 0.05) is 32.4 Å². The molecule has 1 aliphatic heterocycles. The van der Waals surface area contributed by atoms with Crippen molar-refractivity contribution in [1.82, 2.24) is 15.1 Å². The van der Waals surface area contributed by atoms with Crippen molar-refractivity contribution in [1.29, 1.82) is 0 Å². The quantitative estimate of drug-likeness (QED) is 0.791. The molecule has 0 saturated carbocycles. The second-order valence-corrected chi connectivity index (χ2v) is 3.90. The standard InChI is InChI=1S/C11H19N3O/c1-2-14-10(5-6-13-14)8-12-9-11-4-3-7-15-11/h5-6,11-12H,2-4,7-9H2,1H3/t11-/m0/s1. The van der Waals surface area contributed by atoms with Gasteiger partial charge in [-0.05, 0) is 25.8 Å². The molecule has 4 nitrogen and oxygen atoms in total. The van der Waals surface area contributed by atoms with Gasteiger partial charge in [0.2, 0.25) is 0 Å². The molecule has 0 aromatic carbocycles. The lowest BCUT2D eigenvalue weighted by molar-refractivity contribution is 0.110. The maximum atomic E-state index is 5.54. The van der Waals surface area contributed by atoms with E-state index in [1.54, 1.807) is 0 Å². The normalized spacial score (nSPS) is 21.0. The van der Waals surface area contributed by atoms with E-state index in [2.05, 4.69) is 23.4 Å². The van der Waals surface area contributed by atoms with E-state index in [4.69, 9.17) is 4.74 Å². The molecule has 1 saturated heterocycles. The molecule has 2 rings (SSSR count). The molecule has 0 aliphatic carbocycles. The van der Waals surface area contributed by atoms with E-state index < -0.39 is 0 Å². The largest absolute Gasteiger partial charge is 0.377 e. The molecule has 1 atom stereocenters. The smallest absolute Gasteiger partial charge is 0.0700 e. The predicted octanol–water partition coefficient (Wildman–Crippen LogP) is 1.17. The fourth-order valence-corrected chi connectivity index (χ4v) is 1.96. The molecule has 2 heterocycles. The van der Waals surface area contributed by atoms with Gasteiger partial charge in [-0.25, -0.2) is 0 Å². The van der Waals surface area contributed by atoms with Crippen LogP contribution >= 0.6 is 0 Å². The highest BCUT2D eigenvalue weighted by atomic mass is 16.5. The van der Waals surface area contributed by atoms with E-state index >= 15 is 0 Å². The van der Waals surface area contributed by atoms with Crippen LogP contribution in [0.2, 0.25) is 0 Å². The van der Waals surface area contributed by atoms with E-state index in [-0.39, 0.29) is 0 Å². The Labute approximate surface area is 90.6 Å². The number of hydrogen-bond acceptors (Lipinski definition) is 3. The Morgan fingerprint density at radius 3 is 3.33 bits per heavy atom. The first-order valence-electron chi connectivity index (χ1n) is 5.73. The van der Waals surface area contributed by atoms with Crippen molar-refractivity contribution >= 4 is 0 Å². The Kier molecular flexibility index (Phi) is 3.75. The number of aromatic nitrogens is 2. The molecular formula is C11H19N3O. The zero-order valence-electron chi connectivity index (χ0n) is 9.28. The van der Waals surface area contributed by atoms with Gasteiger partial charge in [-0.1, -0.05) is 0 Å². The molecule has 0 radical (unpaired) electrons. The lowest BCUT2D eigenvalue weighted by Gasteiger charge is -2.11. The van der Waals surface area contributed by atoms with Crippen LogP contribution in [0.25, 0.3) is 0 Å². The van der Waals surface area contributed by atoms with Crippen LogP contribution in [0.4, 0.5) is 0 Å². The van der Waals surface area contributed by atoms with Crippen molar-refractivity contribution in [2.75, 3.05) is 13.2 Å². The minimum absolute atomic E-state index is 0.419. The Balaban J connectivity index is 1.73. The maximum absolute atomic E-state index is 5.54. The van der Waals surface area contributed by atoms with Gasteiger partial charge in [0.05, 0.1) is 11.8 Å². The molecule has 1 aromatic heterocycles. The third kappa shape index (κ3) is 2.79. The van der Waals surface area contributed by atoms with E-state index in [1.807, 2.05) is 10.9 Å². The monoisotopic (exact) mass is 209 g/mol. The number of nitrogens with one attached hydrogen (secondary N) is 1. The van der Waals surface area contributed by atoms with Gasteiger partial charge in [0.25, 0.3) is 0 Å². The molecule has 84 valence electrons. The highest BCUT2D eigenvalue weighted by molar-refractivity contribution is 4.99. The molecule has 1 aromatic rings. The number of rotatable bonds is 5. The SMILES string of the molecule is CCn1nccc1CNC[C@@H]1CCCO1. The van der Waals surface area contributed by atoms with Crippen molar-refractivity contribution in [3.05, 3.63) is 18.0 Å². The summed E-state index contributed by atoms with van der Waals surface area (Å²) >= 11 is 0. The molecule has 0 bridgehead atoms. The highest BCUT2D eigenvalue weighted by Crippen LogP contribution is 2.10. The number of hydrogen-bond donors (Lipinski definition) is 1. The van der Waals surface area contributed by atoms with Crippen LogP contribution in [0, 0.1) is 0 Å². The van der Waals surface area contributed by atoms with Gasteiger partial charge >= 0.3 is 0 Å². The van der Waals surface area contributed by atoms with Crippen molar-refractivity contribution in [2.45, 2.75) is 39.0 Å². The minimum Gasteiger partial charge on any atom is -0.377 e. The summed E-state index contributed by atoms with van der Waals surface area (Å²) in [6.45, 7) is 5.81. The second-order valence-electron chi connectivity index (χ2n) is 3.90. The van der Waals surface area contributed by atoms with Crippen molar-refractivity contribution < 1.29 is 4.74 Å². The summed E-state index contributed by atoms with van der Waals surface area (Å²) in [6.07, 6.45) is 4.68. The molecule has 0 spiro atoms. The maximum Gasteiger partial charge on any atom is 0.0700 e. The Morgan fingerprint density at radius 1 is 1.67 bits per heavy atom. The van der Waals surface area contributed by atoms with Crippen LogP contribution in [0.15, 0.2) is 12.3 Å². The zero-order chi connectivity index (χ0) is 10.5. The highest BCUT2D eigenvalue weighted by Gasteiger charge is 2.14. The van der Waals surface area contributed by atoms with E-state index in [0.717, 1.165) is 26.2 Å². The first-order valence-corrected chi connectivity index (χ1v) is 5.73. The molecule has 4 heteroatoms. The molecule has 15 heavy (non-hydrogen) atoms. The molecule has 0 amide bonds. The van der Waals surface area contributed by atoms with Crippen molar-refractivity contribution in [3.8, 4) is 0 Å². The van der Waals surface area contributed by atoms with Crippen LogP contribution in [-0.4, -0.2) is 29.0 Å². The third-order valence-electron chi connectivity index (χ3n) is 2.81. The summed E-state index contributed by atoms with van der Waals surface area (Å²) < 4.78 is 7.56. The molecule has 1 N–H and O–H groups in total. The van der Waals surface area contributed by atoms with E-state index in [9.17, 15) is 0 Å². The lowest BCUT2D eigenvalue weighted by atomic mass is 10.2. The average Bonchev–Trinajstić information content (AvgIpc) is 2.88. The zero-order valence-corrected chi connectivity index (χ0v) is 9.28. The summed E-state index contributed by atoms with van der Waals surface area (Å²) in [5.74, 6) is 0. The molecule has 1 aliphatic rings. The van der Waals surface area contributed by atoms with E-state index in [1.165, 1.54) is 18.5 Å². The van der Waals surface area contributed by atoms with Crippen molar-refractivity contribution in [3.63, 3.8) is 0 Å². The Hall–Kier alpha value is -0.870. The van der Waals surface area contributed by atoms with E-state index in [0.29, 0.717) is 6.10 Å². The first-order chi connectivity index (χ1) is 7.40. The van der Waals surface area contributed by atoms with Gasteiger partial charge in [0.1, 0.15) is 0 Å². The number of nitrogens with zero attached hydrogens (tertiary/aromatic N) is 2. The predicted molar refractivity (Wildman–Crippen MR) is 58.6 cm³/mol. The summed E-state index contributed by atoms with van der Waals surface area (Å²) in [4.78, 5) is 0. The molecular weight excluding hydrogens is 190 g/mol. The number of ether oxygens (including phenoxy) is 1. The van der Waals surface area contributed by atoms with Gasteiger partial charge in [-0.2, -0.15) is 5.10 Å². The van der Waals surface area contributed by atoms with Crippen LogP contribution in [0.1, 0.15) is 25.5 Å². The minimum atomic E-state index is 0.419. The van der Waals surface area contributed by atoms with Crippen LogP contribution in [0.3, 0.4) is 0 Å². The fourth-order valence-electron chi connectivity index (χ4n) is 1.96. The van der Waals surface area contributed by atoms with Gasteiger partial charge in [-0.15, -0.1) is 0 Å². The first kappa shape index (κ1) is 10.6. The van der Waals surface area contributed by atoms with Crippen LogP contribution in [-0.2, 0) is 17.8 Å². The Bertz CT molecular complexity index is 292. The topological polar surface area (TPSA) is 39.1 Å². The fraction of sp³-hybridized carbons (Fsp3) is 0.727. The summed E-state index contributed by atoms with van der Waals surface area (Å²) in [5.41, 5.74) is 1.25. The summed E-state index contributed by atoms with van der Waals surface area (Å²) in [7, 11) is 0. The van der Waals surface area contributed by atoms with Crippen LogP contribution in [0.5, 0.6) is 0 Å². The van der Waals surface area contributed by atoms with Crippen LogP contribution < -0.4 is 5.32 Å². The molecule has 1 fully saturated rings. The van der Waals surface area contributed by atoms with Gasteiger partial charge in [0.15, 0.2) is 0 Å². The van der Waals surface area contributed by atoms with Gasteiger partial charge < -0.3 is 10.1 Å². The second kappa shape index (κ2) is 5.28. The summed E-state index contributed by atoms with van der Waals surface area (Å²) in [6, 6.07) is 2.06. The third-order valence-corrected chi connectivity index (χ3v) is 2.81. The summed E-state index contributed by atoms with van der Waals surface area (Å²) in [5, 5.41) is 7.65. The Morgan fingerprint density at radius 2 is 2.60 bits per heavy atom. The average molecular weight is 209 g/mol. The molecule has 0 unspecified atom stereocenters.